The van der Waals surface area contributed by atoms with Crippen LogP contribution in [0.4, 0.5) is 14.9 Å². The zero-order valence-electron chi connectivity index (χ0n) is 12.5. The molecule has 0 atom stereocenters. The lowest BCUT2D eigenvalue weighted by Gasteiger charge is -2.13. The van der Waals surface area contributed by atoms with Gasteiger partial charge in [0.15, 0.2) is 0 Å². The highest BCUT2D eigenvalue weighted by Crippen LogP contribution is 2.21. The number of anilines is 1. The van der Waals surface area contributed by atoms with Crippen LogP contribution in [0.25, 0.3) is 0 Å². The number of carbonyl (C=O) groups excluding carboxylic acids is 1. The van der Waals surface area contributed by atoms with E-state index < -0.39 is 21.9 Å². The Morgan fingerprint density at radius 3 is 2.65 bits per heavy atom. The molecule has 0 aliphatic rings. The molecule has 124 valence electrons. The molecule has 0 unspecified atom stereocenters. The predicted octanol–water partition coefficient (Wildman–Crippen LogP) is 1.99. The van der Waals surface area contributed by atoms with E-state index in [0.29, 0.717) is 0 Å². The second-order valence-corrected chi connectivity index (χ2v) is 7.02. The minimum absolute atomic E-state index is 0.117. The number of sulfonamides is 1. The number of urea groups is 1. The summed E-state index contributed by atoms with van der Waals surface area (Å²) in [5.41, 5.74) is 0.516. The average Bonchev–Trinajstić information content (AvgIpc) is 3.00. The molecule has 0 aliphatic carbocycles. The van der Waals surface area contributed by atoms with Crippen molar-refractivity contribution >= 4 is 21.7 Å². The Kier molecular flexibility index (Phi) is 5.02. The molecule has 2 aromatic rings. The van der Waals surface area contributed by atoms with E-state index in [9.17, 15) is 17.6 Å². The predicted molar refractivity (Wildman–Crippen MR) is 81.8 cm³/mol. The van der Waals surface area contributed by atoms with Crippen LogP contribution in [0.1, 0.15) is 5.56 Å². The standard InChI is InChI=1S/C14H16FN3O4S/c1-18(2)23(20,21)11-3-4-12(15)13(7-11)17-14(19)16-8-10-5-6-22-9-10/h3-7,9H,8H2,1-2H3,(H2,16,17,19). The van der Waals surface area contributed by atoms with Crippen molar-refractivity contribution in [3.8, 4) is 0 Å². The highest BCUT2D eigenvalue weighted by molar-refractivity contribution is 7.89. The molecule has 0 radical (unpaired) electrons. The monoisotopic (exact) mass is 341 g/mol. The zero-order valence-corrected chi connectivity index (χ0v) is 13.4. The molecule has 23 heavy (non-hydrogen) atoms. The minimum atomic E-state index is -3.72. The number of benzene rings is 1. The van der Waals surface area contributed by atoms with Crippen molar-refractivity contribution in [1.82, 2.24) is 9.62 Å². The maximum Gasteiger partial charge on any atom is 0.319 e. The lowest BCUT2D eigenvalue weighted by atomic mass is 10.3. The maximum atomic E-state index is 13.8. The van der Waals surface area contributed by atoms with Gasteiger partial charge in [-0.2, -0.15) is 0 Å². The molecule has 1 heterocycles. The quantitative estimate of drug-likeness (QED) is 0.870. The summed E-state index contributed by atoms with van der Waals surface area (Å²) in [5, 5.41) is 4.79. The lowest BCUT2D eigenvalue weighted by molar-refractivity contribution is 0.251. The first-order chi connectivity index (χ1) is 10.8. The van der Waals surface area contributed by atoms with Crippen molar-refractivity contribution in [2.75, 3.05) is 19.4 Å². The van der Waals surface area contributed by atoms with Crippen molar-refractivity contribution in [3.63, 3.8) is 0 Å². The molecule has 7 nitrogen and oxygen atoms in total. The van der Waals surface area contributed by atoms with Gasteiger partial charge in [0.1, 0.15) is 5.82 Å². The second-order valence-electron chi connectivity index (χ2n) is 4.87. The highest BCUT2D eigenvalue weighted by atomic mass is 32.2. The van der Waals surface area contributed by atoms with Crippen LogP contribution in [0.5, 0.6) is 0 Å². The molecular formula is C14H16FN3O4S. The summed E-state index contributed by atoms with van der Waals surface area (Å²) in [6, 6.07) is 4.21. The van der Waals surface area contributed by atoms with Gasteiger partial charge in [0.2, 0.25) is 10.0 Å². The largest absolute Gasteiger partial charge is 0.472 e. The number of furan rings is 1. The number of hydrogen-bond acceptors (Lipinski definition) is 4. The van der Waals surface area contributed by atoms with E-state index in [1.807, 2.05) is 0 Å². The van der Waals surface area contributed by atoms with Crippen LogP contribution >= 0.6 is 0 Å². The van der Waals surface area contributed by atoms with Crippen LogP contribution in [-0.4, -0.2) is 32.8 Å². The van der Waals surface area contributed by atoms with Crippen molar-refractivity contribution in [2.45, 2.75) is 11.4 Å². The smallest absolute Gasteiger partial charge is 0.319 e. The number of amides is 2. The normalized spacial score (nSPS) is 11.5. The van der Waals surface area contributed by atoms with Crippen LogP contribution in [-0.2, 0) is 16.6 Å². The number of halogens is 1. The SMILES string of the molecule is CN(C)S(=O)(=O)c1ccc(F)c(NC(=O)NCc2ccoc2)c1. The van der Waals surface area contributed by atoms with Gasteiger partial charge in [-0.3, -0.25) is 0 Å². The third-order valence-electron chi connectivity index (χ3n) is 3.00. The van der Waals surface area contributed by atoms with Crippen LogP contribution in [0.2, 0.25) is 0 Å². The van der Waals surface area contributed by atoms with Crippen molar-refractivity contribution < 1.29 is 22.0 Å². The maximum absolute atomic E-state index is 13.8. The summed E-state index contributed by atoms with van der Waals surface area (Å²) < 4.78 is 43.7. The van der Waals surface area contributed by atoms with E-state index in [-0.39, 0.29) is 17.1 Å². The van der Waals surface area contributed by atoms with Crippen LogP contribution in [0, 0.1) is 5.82 Å². The fourth-order valence-electron chi connectivity index (χ4n) is 1.71. The van der Waals surface area contributed by atoms with Gasteiger partial charge in [-0.05, 0) is 24.3 Å². The van der Waals surface area contributed by atoms with Gasteiger partial charge in [-0.1, -0.05) is 0 Å². The first-order valence-electron chi connectivity index (χ1n) is 6.58. The molecule has 9 heteroatoms. The molecule has 2 N–H and O–H groups in total. The van der Waals surface area contributed by atoms with E-state index in [1.54, 1.807) is 6.07 Å². The van der Waals surface area contributed by atoms with E-state index >= 15 is 0 Å². The van der Waals surface area contributed by atoms with Gasteiger partial charge in [0.05, 0.1) is 23.1 Å². The molecule has 0 spiro atoms. The highest BCUT2D eigenvalue weighted by Gasteiger charge is 2.19. The molecule has 0 aliphatic heterocycles. The van der Waals surface area contributed by atoms with E-state index in [1.165, 1.54) is 26.6 Å². The molecule has 0 bridgehead atoms. The van der Waals surface area contributed by atoms with Crippen LogP contribution in [0.15, 0.2) is 46.1 Å². The van der Waals surface area contributed by atoms with Crippen molar-refractivity contribution in [2.24, 2.45) is 0 Å². The van der Waals surface area contributed by atoms with Gasteiger partial charge in [-0.25, -0.2) is 21.9 Å². The topological polar surface area (TPSA) is 91.7 Å². The van der Waals surface area contributed by atoms with Crippen molar-refractivity contribution in [3.05, 3.63) is 48.2 Å². The lowest BCUT2D eigenvalue weighted by Crippen LogP contribution is -2.28. The molecule has 0 saturated carbocycles. The number of rotatable bonds is 5. The summed E-state index contributed by atoms with van der Waals surface area (Å²) in [6.07, 6.45) is 2.93. The number of nitrogens with one attached hydrogen (secondary N) is 2. The summed E-state index contributed by atoms with van der Waals surface area (Å²) in [7, 11) is -0.988. The fourth-order valence-corrected chi connectivity index (χ4v) is 2.64. The first-order valence-corrected chi connectivity index (χ1v) is 8.02. The summed E-state index contributed by atoms with van der Waals surface area (Å²) in [6.45, 7) is 0.194. The zero-order chi connectivity index (χ0) is 17.0. The van der Waals surface area contributed by atoms with Crippen LogP contribution < -0.4 is 10.6 Å². The van der Waals surface area contributed by atoms with E-state index in [2.05, 4.69) is 10.6 Å². The molecule has 2 rings (SSSR count). The number of carbonyl (C=O) groups is 1. The Morgan fingerprint density at radius 1 is 1.30 bits per heavy atom. The Labute approximate surface area is 133 Å². The third-order valence-corrected chi connectivity index (χ3v) is 4.81. The molecule has 2 amide bonds. The van der Waals surface area contributed by atoms with E-state index in [4.69, 9.17) is 4.42 Å². The third kappa shape index (κ3) is 4.08. The fraction of sp³-hybridized carbons (Fsp3) is 0.214. The molecule has 0 saturated heterocycles. The van der Waals surface area contributed by atoms with Crippen molar-refractivity contribution in [1.29, 1.82) is 0 Å². The molecule has 1 aromatic heterocycles. The van der Waals surface area contributed by atoms with Crippen LogP contribution in [0.3, 0.4) is 0 Å². The van der Waals surface area contributed by atoms with Gasteiger partial charge in [0, 0.05) is 26.2 Å². The Balaban J connectivity index is 2.11. The molecule has 1 aromatic carbocycles. The Hall–Kier alpha value is -2.39. The van der Waals surface area contributed by atoms with Gasteiger partial charge in [-0.15, -0.1) is 0 Å². The second kappa shape index (κ2) is 6.80. The average molecular weight is 341 g/mol. The van der Waals surface area contributed by atoms with Gasteiger partial charge in [0.25, 0.3) is 0 Å². The number of hydrogen-bond donors (Lipinski definition) is 2. The first kappa shape index (κ1) is 17.0. The summed E-state index contributed by atoms with van der Waals surface area (Å²) in [5.74, 6) is -0.735. The molecule has 0 fully saturated rings. The summed E-state index contributed by atoms with van der Waals surface area (Å²) in [4.78, 5) is 11.7. The Bertz CT molecular complexity index is 788. The van der Waals surface area contributed by atoms with E-state index in [0.717, 1.165) is 28.1 Å². The van der Waals surface area contributed by atoms with Gasteiger partial charge >= 0.3 is 6.03 Å². The molecular weight excluding hydrogens is 325 g/mol. The number of nitrogens with zero attached hydrogens (tertiary/aromatic N) is 1. The minimum Gasteiger partial charge on any atom is -0.472 e. The Morgan fingerprint density at radius 2 is 2.04 bits per heavy atom. The van der Waals surface area contributed by atoms with Gasteiger partial charge < -0.3 is 15.1 Å². The summed E-state index contributed by atoms with van der Waals surface area (Å²) >= 11 is 0.